The Morgan fingerprint density at radius 3 is 2.65 bits per heavy atom. The lowest BCUT2D eigenvalue weighted by atomic mass is 10.1. The summed E-state index contributed by atoms with van der Waals surface area (Å²) in [5, 5.41) is 2.06. The van der Waals surface area contributed by atoms with Crippen molar-refractivity contribution in [3.63, 3.8) is 0 Å². The zero-order valence-corrected chi connectivity index (χ0v) is 13.3. The standard InChI is InChI=1S/C15H19N3S2/c1-18(13-4-7-19-8-5-13)11-12-9-16-15(17-10-12)14-3-2-6-20-14/h2-3,6,9-10,13H,4-5,7-8,11H2,1H3. The first kappa shape index (κ1) is 14.0. The van der Waals surface area contributed by atoms with Gasteiger partial charge in [0.2, 0.25) is 0 Å². The molecule has 3 rings (SSSR count). The van der Waals surface area contributed by atoms with Gasteiger partial charge in [-0.15, -0.1) is 11.3 Å². The topological polar surface area (TPSA) is 29.0 Å². The quantitative estimate of drug-likeness (QED) is 0.864. The summed E-state index contributed by atoms with van der Waals surface area (Å²) in [7, 11) is 2.22. The number of thioether (sulfide) groups is 1. The number of rotatable bonds is 4. The summed E-state index contributed by atoms with van der Waals surface area (Å²) in [6.45, 7) is 0.944. The third-order valence-corrected chi connectivity index (χ3v) is 5.61. The number of aromatic nitrogens is 2. The van der Waals surface area contributed by atoms with Crippen LogP contribution in [0, 0.1) is 0 Å². The van der Waals surface area contributed by atoms with Gasteiger partial charge in [0, 0.05) is 30.5 Å². The molecule has 0 unspecified atom stereocenters. The van der Waals surface area contributed by atoms with Gasteiger partial charge in [-0.3, -0.25) is 4.90 Å². The minimum atomic E-state index is 0.716. The maximum absolute atomic E-state index is 4.49. The molecule has 0 atom stereocenters. The number of thiophene rings is 1. The Labute approximate surface area is 128 Å². The fraction of sp³-hybridized carbons (Fsp3) is 0.467. The summed E-state index contributed by atoms with van der Waals surface area (Å²) >= 11 is 3.75. The van der Waals surface area contributed by atoms with E-state index in [0.29, 0.717) is 6.04 Å². The Morgan fingerprint density at radius 2 is 2.00 bits per heavy atom. The van der Waals surface area contributed by atoms with Crippen LogP contribution in [-0.2, 0) is 6.54 Å². The molecule has 0 bridgehead atoms. The van der Waals surface area contributed by atoms with E-state index in [4.69, 9.17) is 0 Å². The van der Waals surface area contributed by atoms with Gasteiger partial charge in [0.1, 0.15) is 0 Å². The number of hydrogen-bond donors (Lipinski definition) is 0. The highest BCUT2D eigenvalue weighted by atomic mass is 32.2. The molecule has 2 aromatic heterocycles. The summed E-state index contributed by atoms with van der Waals surface area (Å²) in [6, 6.07) is 4.81. The maximum Gasteiger partial charge on any atom is 0.169 e. The number of hydrogen-bond acceptors (Lipinski definition) is 5. The zero-order valence-electron chi connectivity index (χ0n) is 11.7. The van der Waals surface area contributed by atoms with E-state index in [2.05, 4.69) is 45.1 Å². The second-order valence-electron chi connectivity index (χ2n) is 5.15. The lowest BCUT2D eigenvalue weighted by Gasteiger charge is -2.30. The van der Waals surface area contributed by atoms with Crippen LogP contribution in [0.2, 0.25) is 0 Å². The van der Waals surface area contributed by atoms with Crippen molar-refractivity contribution in [3.05, 3.63) is 35.5 Å². The first-order valence-corrected chi connectivity index (χ1v) is 8.99. The van der Waals surface area contributed by atoms with Crippen molar-refractivity contribution in [1.29, 1.82) is 0 Å². The Kier molecular flexibility index (Phi) is 4.70. The van der Waals surface area contributed by atoms with Crippen molar-refractivity contribution in [2.75, 3.05) is 18.6 Å². The molecular formula is C15H19N3S2. The fourth-order valence-corrected chi connectivity index (χ4v) is 4.27. The molecule has 2 aromatic rings. The van der Waals surface area contributed by atoms with E-state index in [-0.39, 0.29) is 0 Å². The average molecular weight is 305 g/mol. The Hall–Kier alpha value is -0.910. The Morgan fingerprint density at radius 1 is 1.25 bits per heavy atom. The largest absolute Gasteiger partial charge is 0.299 e. The van der Waals surface area contributed by atoms with Gasteiger partial charge >= 0.3 is 0 Å². The molecule has 1 fully saturated rings. The minimum Gasteiger partial charge on any atom is -0.299 e. The highest BCUT2D eigenvalue weighted by molar-refractivity contribution is 7.99. The van der Waals surface area contributed by atoms with Crippen LogP contribution in [0.15, 0.2) is 29.9 Å². The lowest BCUT2D eigenvalue weighted by molar-refractivity contribution is 0.221. The van der Waals surface area contributed by atoms with Crippen LogP contribution in [0.25, 0.3) is 10.7 Å². The van der Waals surface area contributed by atoms with Crippen LogP contribution in [0.1, 0.15) is 18.4 Å². The molecule has 1 aliphatic heterocycles. The first-order chi connectivity index (χ1) is 9.83. The molecule has 1 aliphatic rings. The summed E-state index contributed by atoms with van der Waals surface area (Å²) in [5.74, 6) is 3.42. The molecule has 0 amide bonds. The normalized spacial score (nSPS) is 16.7. The molecule has 3 nitrogen and oxygen atoms in total. The van der Waals surface area contributed by atoms with E-state index in [9.17, 15) is 0 Å². The molecule has 0 aromatic carbocycles. The van der Waals surface area contributed by atoms with Crippen molar-refractivity contribution in [2.24, 2.45) is 0 Å². The smallest absolute Gasteiger partial charge is 0.169 e. The number of nitrogens with zero attached hydrogens (tertiary/aromatic N) is 3. The zero-order chi connectivity index (χ0) is 13.8. The van der Waals surface area contributed by atoms with Crippen LogP contribution in [0.5, 0.6) is 0 Å². The van der Waals surface area contributed by atoms with E-state index in [1.54, 1.807) is 11.3 Å². The highest BCUT2D eigenvalue weighted by Gasteiger charge is 2.18. The summed E-state index contributed by atoms with van der Waals surface area (Å²) in [4.78, 5) is 12.6. The third kappa shape index (κ3) is 3.40. The second-order valence-corrected chi connectivity index (χ2v) is 7.32. The van der Waals surface area contributed by atoms with Crippen LogP contribution < -0.4 is 0 Å². The van der Waals surface area contributed by atoms with E-state index >= 15 is 0 Å². The van der Waals surface area contributed by atoms with Gasteiger partial charge in [-0.05, 0) is 42.8 Å². The van der Waals surface area contributed by atoms with Crippen LogP contribution in [0.4, 0.5) is 0 Å². The van der Waals surface area contributed by atoms with Gasteiger partial charge in [0.05, 0.1) is 4.88 Å². The van der Waals surface area contributed by atoms with E-state index in [0.717, 1.165) is 17.2 Å². The first-order valence-electron chi connectivity index (χ1n) is 6.96. The van der Waals surface area contributed by atoms with Gasteiger partial charge in [-0.2, -0.15) is 11.8 Å². The van der Waals surface area contributed by atoms with Crippen LogP contribution in [-0.4, -0.2) is 39.5 Å². The van der Waals surface area contributed by atoms with Gasteiger partial charge in [-0.25, -0.2) is 9.97 Å². The molecule has 0 radical (unpaired) electrons. The summed E-state index contributed by atoms with van der Waals surface area (Å²) < 4.78 is 0. The van der Waals surface area contributed by atoms with Crippen molar-refractivity contribution in [1.82, 2.24) is 14.9 Å². The van der Waals surface area contributed by atoms with Gasteiger partial charge in [0.25, 0.3) is 0 Å². The molecule has 3 heterocycles. The summed E-state index contributed by atoms with van der Waals surface area (Å²) in [5.41, 5.74) is 1.20. The monoisotopic (exact) mass is 305 g/mol. The van der Waals surface area contributed by atoms with Crippen LogP contribution >= 0.6 is 23.1 Å². The molecule has 1 saturated heterocycles. The molecular weight excluding hydrogens is 286 g/mol. The molecule has 0 aliphatic carbocycles. The van der Waals surface area contributed by atoms with Crippen molar-refractivity contribution >= 4 is 23.1 Å². The molecule has 20 heavy (non-hydrogen) atoms. The fourth-order valence-electron chi connectivity index (χ4n) is 2.51. The van der Waals surface area contributed by atoms with Crippen molar-refractivity contribution in [2.45, 2.75) is 25.4 Å². The average Bonchev–Trinajstić information content (AvgIpc) is 3.03. The second kappa shape index (κ2) is 6.70. The van der Waals surface area contributed by atoms with Gasteiger partial charge in [0.15, 0.2) is 5.82 Å². The van der Waals surface area contributed by atoms with Crippen molar-refractivity contribution < 1.29 is 0 Å². The molecule has 106 valence electrons. The highest BCUT2D eigenvalue weighted by Crippen LogP contribution is 2.23. The van der Waals surface area contributed by atoms with Crippen molar-refractivity contribution in [3.8, 4) is 10.7 Å². The minimum absolute atomic E-state index is 0.716. The molecule has 0 saturated carbocycles. The van der Waals surface area contributed by atoms with E-state index in [1.807, 2.05) is 18.5 Å². The third-order valence-electron chi connectivity index (χ3n) is 3.69. The summed E-state index contributed by atoms with van der Waals surface area (Å²) in [6.07, 6.45) is 6.54. The predicted octanol–water partition coefficient (Wildman–Crippen LogP) is 3.53. The molecule has 0 spiro atoms. The maximum atomic E-state index is 4.49. The predicted molar refractivity (Wildman–Crippen MR) is 87.2 cm³/mol. The van der Waals surface area contributed by atoms with Crippen LogP contribution in [0.3, 0.4) is 0 Å². The molecule has 5 heteroatoms. The van der Waals surface area contributed by atoms with E-state index < -0.39 is 0 Å². The van der Waals surface area contributed by atoms with Gasteiger partial charge < -0.3 is 0 Å². The SMILES string of the molecule is CN(Cc1cnc(-c2cccs2)nc1)C1CCSCC1. The Bertz CT molecular complexity index is 519. The molecule has 0 N–H and O–H groups in total. The van der Waals surface area contributed by atoms with E-state index in [1.165, 1.54) is 29.9 Å². The Balaban J connectivity index is 1.63. The van der Waals surface area contributed by atoms with Gasteiger partial charge in [-0.1, -0.05) is 6.07 Å². The lowest BCUT2D eigenvalue weighted by Crippen LogP contribution is -2.34.